The van der Waals surface area contributed by atoms with Crippen molar-refractivity contribution < 1.29 is 8.78 Å². The Balaban J connectivity index is 1.19. The van der Waals surface area contributed by atoms with Crippen LogP contribution in [-0.4, -0.2) is 40.4 Å². The number of nitrogens with one attached hydrogen (secondary N) is 1. The van der Waals surface area contributed by atoms with Crippen LogP contribution in [0, 0.1) is 36.3 Å². The third kappa shape index (κ3) is 4.43. The van der Waals surface area contributed by atoms with Crippen molar-refractivity contribution in [2.75, 3.05) is 25.0 Å². The van der Waals surface area contributed by atoms with Gasteiger partial charge < -0.3 is 10.2 Å². The van der Waals surface area contributed by atoms with Gasteiger partial charge in [0.05, 0.1) is 11.4 Å². The molecule has 2 heterocycles. The summed E-state index contributed by atoms with van der Waals surface area (Å²) in [7, 11) is 1.79. The largest absolute Gasteiger partial charge is 0.380 e. The molecule has 0 amide bonds. The second kappa shape index (κ2) is 9.12. The zero-order valence-electron chi connectivity index (χ0n) is 19.4. The number of aromatic nitrogens is 2. The van der Waals surface area contributed by atoms with Gasteiger partial charge in [-0.05, 0) is 62.5 Å². The number of fused-ring (bicyclic) bond motifs is 1. The smallest absolute Gasteiger partial charge is 0.182 e. The number of hydrogen-bond acceptors (Lipinski definition) is 3. The van der Waals surface area contributed by atoms with E-state index < -0.39 is 11.6 Å². The second-order valence-corrected chi connectivity index (χ2v) is 10.5. The fourth-order valence-corrected chi connectivity index (χ4v) is 6.53. The van der Waals surface area contributed by atoms with Crippen molar-refractivity contribution in [2.24, 2.45) is 24.8 Å². The van der Waals surface area contributed by atoms with E-state index in [9.17, 15) is 8.78 Å². The van der Waals surface area contributed by atoms with E-state index in [4.69, 9.17) is 0 Å². The van der Waals surface area contributed by atoms with Crippen LogP contribution < -0.4 is 5.32 Å². The Hall–Kier alpha value is -1.95. The highest BCUT2D eigenvalue weighted by atomic mass is 19.2. The van der Waals surface area contributed by atoms with E-state index in [0.29, 0.717) is 23.1 Å². The first kappa shape index (κ1) is 21.9. The summed E-state index contributed by atoms with van der Waals surface area (Å²) in [5.41, 5.74) is 1.90. The predicted octanol–water partition coefficient (Wildman–Crippen LogP) is 5.77. The van der Waals surface area contributed by atoms with Crippen molar-refractivity contribution in [3.8, 4) is 11.1 Å². The summed E-state index contributed by atoms with van der Waals surface area (Å²) in [6.07, 6.45) is 12.3. The Morgan fingerprint density at radius 2 is 1.66 bits per heavy atom. The third-order valence-electron chi connectivity index (χ3n) is 8.06. The number of anilines is 1. The van der Waals surface area contributed by atoms with Gasteiger partial charge in [0.15, 0.2) is 11.6 Å². The minimum atomic E-state index is -0.793. The van der Waals surface area contributed by atoms with Gasteiger partial charge in [0, 0.05) is 50.0 Å². The molecule has 174 valence electrons. The standard InChI is InChI=1S/C26H36F2N4/c1-17-23(16-31(2)30-17)22-9-10-24(26(28)25(22)27)29-21-11-19-14-32(15-20(19)12-21)13-18-7-5-3-4-6-8-18/h9-10,16,18-21,29H,3-8,11-15H2,1-2H3/t19-,20+,21?. The molecule has 32 heavy (non-hydrogen) atoms. The summed E-state index contributed by atoms with van der Waals surface area (Å²) in [6, 6.07) is 3.59. The highest BCUT2D eigenvalue weighted by molar-refractivity contribution is 5.68. The SMILES string of the molecule is Cc1nn(C)cc1-c1ccc(NC2C[C@@H]3CN(CC4CCCCCC4)C[C@@H]3C2)c(F)c1F. The molecule has 2 aliphatic carbocycles. The lowest BCUT2D eigenvalue weighted by Gasteiger charge is -2.24. The Morgan fingerprint density at radius 3 is 2.28 bits per heavy atom. The lowest BCUT2D eigenvalue weighted by Crippen LogP contribution is -2.30. The number of aryl methyl sites for hydroxylation is 2. The highest BCUT2D eigenvalue weighted by Crippen LogP contribution is 2.41. The fourth-order valence-electron chi connectivity index (χ4n) is 6.53. The minimum absolute atomic E-state index is 0.227. The summed E-state index contributed by atoms with van der Waals surface area (Å²) in [4.78, 5) is 2.69. The summed E-state index contributed by atoms with van der Waals surface area (Å²) >= 11 is 0. The number of benzene rings is 1. The molecule has 2 saturated carbocycles. The van der Waals surface area contributed by atoms with Crippen molar-refractivity contribution in [2.45, 2.75) is 64.3 Å². The first-order valence-corrected chi connectivity index (χ1v) is 12.5. The number of rotatable bonds is 5. The van der Waals surface area contributed by atoms with E-state index in [2.05, 4.69) is 15.3 Å². The molecule has 1 saturated heterocycles. The van der Waals surface area contributed by atoms with Crippen molar-refractivity contribution in [3.63, 3.8) is 0 Å². The maximum Gasteiger partial charge on any atom is 0.182 e. The molecule has 0 spiro atoms. The van der Waals surface area contributed by atoms with Crippen LogP contribution in [0.15, 0.2) is 18.3 Å². The molecule has 1 aromatic carbocycles. The topological polar surface area (TPSA) is 33.1 Å². The van der Waals surface area contributed by atoms with Gasteiger partial charge in [-0.3, -0.25) is 4.68 Å². The van der Waals surface area contributed by atoms with Gasteiger partial charge in [-0.25, -0.2) is 8.78 Å². The Kier molecular flexibility index (Phi) is 6.24. The van der Waals surface area contributed by atoms with E-state index in [1.165, 1.54) is 58.2 Å². The zero-order chi connectivity index (χ0) is 22.2. The molecular formula is C26H36F2N4. The molecule has 1 N–H and O–H groups in total. The van der Waals surface area contributed by atoms with Gasteiger partial charge in [-0.1, -0.05) is 25.7 Å². The normalized spacial score (nSPS) is 26.9. The average molecular weight is 443 g/mol. The molecule has 0 bridgehead atoms. The molecule has 2 aromatic rings. The maximum atomic E-state index is 14.9. The first-order chi connectivity index (χ1) is 15.5. The van der Waals surface area contributed by atoms with Crippen LogP contribution in [0.3, 0.4) is 0 Å². The van der Waals surface area contributed by atoms with Crippen molar-refractivity contribution in [1.29, 1.82) is 0 Å². The van der Waals surface area contributed by atoms with E-state index in [0.717, 1.165) is 18.8 Å². The van der Waals surface area contributed by atoms with Crippen molar-refractivity contribution >= 4 is 5.69 Å². The summed E-state index contributed by atoms with van der Waals surface area (Å²) in [6.45, 7) is 5.43. The maximum absolute atomic E-state index is 14.9. The minimum Gasteiger partial charge on any atom is -0.380 e. The molecule has 3 fully saturated rings. The summed E-state index contributed by atoms with van der Waals surface area (Å²) < 4.78 is 31.4. The van der Waals surface area contributed by atoms with Crippen molar-refractivity contribution in [3.05, 3.63) is 35.7 Å². The first-order valence-electron chi connectivity index (χ1n) is 12.5. The van der Waals surface area contributed by atoms with Crippen LogP contribution in [0.4, 0.5) is 14.5 Å². The third-order valence-corrected chi connectivity index (χ3v) is 8.06. The summed E-state index contributed by atoms with van der Waals surface area (Å²) in [5.74, 6) is 0.674. The molecule has 3 aliphatic rings. The molecule has 4 nitrogen and oxygen atoms in total. The van der Waals surface area contributed by atoms with Crippen LogP contribution in [0.5, 0.6) is 0 Å². The molecule has 3 atom stereocenters. The van der Waals surface area contributed by atoms with E-state index >= 15 is 0 Å². The molecule has 1 aliphatic heterocycles. The number of halogens is 2. The average Bonchev–Trinajstić information content (AvgIpc) is 3.32. The molecule has 0 radical (unpaired) electrons. The van der Waals surface area contributed by atoms with Gasteiger partial charge in [-0.2, -0.15) is 5.10 Å². The summed E-state index contributed by atoms with van der Waals surface area (Å²) in [5, 5.41) is 7.58. The monoisotopic (exact) mass is 442 g/mol. The number of hydrogen-bond donors (Lipinski definition) is 1. The van der Waals surface area contributed by atoms with Crippen LogP contribution in [0.1, 0.15) is 57.1 Å². The number of likely N-dealkylation sites (tertiary alicyclic amines) is 1. The van der Waals surface area contributed by atoms with Crippen LogP contribution in [-0.2, 0) is 7.05 Å². The van der Waals surface area contributed by atoms with Crippen LogP contribution >= 0.6 is 0 Å². The Morgan fingerprint density at radius 1 is 0.969 bits per heavy atom. The lowest BCUT2D eigenvalue weighted by molar-refractivity contribution is 0.244. The van der Waals surface area contributed by atoms with Gasteiger partial charge in [0.2, 0.25) is 0 Å². The molecular weight excluding hydrogens is 406 g/mol. The van der Waals surface area contributed by atoms with Crippen LogP contribution in [0.2, 0.25) is 0 Å². The van der Waals surface area contributed by atoms with E-state index in [1.54, 1.807) is 30.1 Å². The van der Waals surface area contributed by atoms with E-state index in [-0.39, 0.29) is 17.3 Å². The Labute approximate surface area is 190 Å². The highest BCUT2D eigenvalue weighted by Gasteiger charge is 2.41. The predicted molar refractivity (Wildman–Crippen MR) is 125 cm³/mol. The number of nitrogens with zero attached hydrogens (tertiary/aromatic N) is 3. The fraction of sp³-hybridized carbons (Fsp3) is 0.654. The second-order valence-electron chi connectivity index (χ2n) is 10.5. The van der Waals surface area contributed by atoms with E-state index in [1.807, 2.05) is 6.92 Å². The van der Waals surface area contributed by atoms with Gasteiger partial charge in [0.1, 0.15) is 0 Å². The van der Waals surface area contributed by atoms with Crippen molar-refractivity contribution in [1.82, 2.24) is 14.7 Å². The lowest BCUT2D eigenvalue weighted by atomic mass is 10.00. The molecule has 1 aromatic heterocycles. The van der Waals surface area contributed by atoms with Gasteiger partial charge in [0.25, 0.3) is 0 Å². The quantitative estimate of drug-likeness (QED) is 0.597. The molecule has 1 unspecified atom stereocenters. The van der Waals surface area contributed by atoms with Crippen LogP contribution in [0.25, 0.3) is 11.1 Å². The van der Waals surface area contributed by atoms with Gasteiger partial charge in [-0.15, -0.1) is 0 Å². The Bertz CT molecular complexity index is 934. The molecule has 6 heteroatoms. The molecule has 5 rings (SSSR count). The van der Waals surface area contributed by atoms with Gasteiger partial charge >= 0.3 is 0 Å². The zero-order valence-corrected chi connectivity index (χ0v) is 19.4.